The first-order chi connectivity index (χ1) is 12.2. The Morgan fingerprint density at radius 1 is 1.28 bits per heavy atom. The van der Waals surface area contributed by atoms with Gasteiger partial charge in [-0.05, 0) is 24.1 Å². The molecule has 2 unspecified atom stereocenters. The van der Waals surface area contributed by atoms with E-state index in [2.05, 4.69) is 51.0 Å². The fourth-order valence-electron chi connectivity index (χ4n) is 3.19. The SMILES string of the molecule is COC=O.Cc1ncccc1C1CN(Cc2ccccc2)CC1C#N. The maximum absolute atomic E-state index is 9.48. The fourth-order valence-corrected chi connectivity index (χ4v) is 3.19. The summed E-state index contributed by atoms with van der Waals surface area (Å²) in [6.45, 7) is 5.09. The molecule has 0 saturated carbocycles. The van der Waals surface area contributed by atoms with Crippen molar-refractivity contribution in [3.63, 3.8) is 0 Å². The minimum atomic E-state index is 0.0524. The molecule has 0 amide bonds. The monoisotopic (exact) mass is 337 g/mol. The molecule has 0 bridgehead atoms. The summed E-state index contributed by atoms with van der Waals surface area (Å²) in [4.78, 5) is 15.7. The highest BCUT2D eigenvalue weighted by Gasteiger charge is 2.34. The van der Waals surface area contributed by atoms with Gasteiger partial charge in [0.15, 0.2) is 0 Å². The van der Waals surface area contributed by atoms with E-state index in [1.165, 1.54) is 18.2 Å². The summed E-state index contributed by atoms with van der Waals surface area (Å²) in [5.74, 6) is 0.323. The number of hydrogen-bond acceptors (Lipinski definition) is 5. The van der Waals surface area contributed by atoms with Gasteiger partial charge < -0.3 is 4.74 Å². The molecule has 25 heavy (non-hydrogen) atoms. The maximum Gasteiger partial charge on any atom is 0.292 e. The predicted molar refractivity (Wildman–Crippen MR) is 95.6 cm³/mol. The molecule has 2 heterocycles. The topological polar surface area (TPSA) is 66.2 Å². The molecule has 1 aliphatic heterocycles. The Labute approximate surface area is 148 Å². The Kier molecular flexibility index (Phi) is 7.12. The molecule has 1 aromatic heterocycles. The number of methoxy groups -OCH3 is 1. The molecule has 3 rings (SSSR count). The van der Waals surface area contributed by atoms with Crippen molar-refractivity contribution in [3.8, 4) is 6.07 Å². The third-order valence-corrected chi connectivity index (χ3v) is 4.35. The van der Waals surface area contributed by atoms with Crippen molar-refractivity contribution in [1.29, 1.82) is 5.26 Å². The third-order valence-electron chi connectivity index (χ3n) is 4.35. The summed E-state index contributed by atoms with van der Waals surface area (Å²) in [7, 11) is 1.31. The molecule has 0 radical (unpaired) electrons. The van der Waals surface area contributed by atoms with Crippen LogP contribution in [0.2, 0.25) is 0 Å². The second-order valence-electron chi connectivity index (χ2n) is 6.03. The van der Waals surface area contributed by atoms with Gasteiger partial charge in [0, 0.05) is 37.4 Å². The van der Waals surface area contributed by atoms with Gasteiger partial charge in [0.05, 0.1) is 19.1 Å². The number of pyridine rings is 1. The van der Waals surface area contributed by atoms with Gasteiger partial charge in [-0.3, -0.25) is 14.7 Å². The summed E-state index contributed by atoms with van der Waals surface area (Å²) < 4.78 is 3.86. The summed E-state index contributed by atoms with van der Waals surface area (Å²) in [5.41, 5.74) is 3.57. The number of aromatic nitrogens is 1. The summed E-state index contributed by atoms with van der Waals surface area (Å²) in [6, 6.07) is 17.0. The predicted octanol–water partition coefficient (Wildman–Crippen LogP) is 2.92. The standard InChI is InChI=1S/C18H19N3.C2H4O2/c1-14-17(8-5-9-20-14)18-13-21(12-16(18)10-19)11-15-6-3-2-4-7-15;1-4-2-3/h2-9,16,18H,11-13H2,1H3;2H,1H3. The van der Waals surface area contributed by atoms with Gasteiger partial charge in [-0.15, -0.1) is 0 Å². The minimum absolute atomic E-state index is 0.0524. The number of nitriles is 1. The van der Waals surface area contributed by atoms with E-state index in [0.29, 0.717) is 6.47 Å². The maximum atomic E-state index is 9.48. The van der Waals surface area contributed by atoms with Gasteiger partial charge >= 0.3 is 0 Å². The number of likely N-dealkylation sites (tertiary alicyclic amines) is 1. The van der Waals surface area contributed by atoms with Crippen molar-refractivity contribution in [3.05, 3.63) is 65.5 Å². The molecule has 5 heteroatoms. The number of benzene rings is 1. The minimum Gasteiger partial charge on any atom is -0.471 e. The normalized spacial score (nSPS) is 19.4. The molecule has 2 aromatic rings. The molecule has 1 aromatic carbocycles. The molecule has 5 nitrogen and oxygen atoms in total. The summed E-state index contributed by atoms with van der Waals surface area (Å²) >= 11 is 0. The zero-order valence-corrected chi connectivity index (χ0v) is 14.6. The first kappa shape index (κ1) is 18.6. The third kappa shape index (κ3) is 5.13. The van der Waals surface area contributed by atoms with Gasteiger partial charge in [0.25, 0.3) is 6.47 Å². The summed E-state index contributed by atoms with van der Waals surface area (Å²) in [5, 5.41) is 9.48. The van der Waals surface area contributed by atoms with E-state index >= 15 is 0 Å². The Hall–Kier alpha value is -2.71. The van der Waals surface area contributed by atoms with Crippen LogP contribution in [0.1, 0.15) is 22.7 Å². The Balaban J connectivity index is 0.000000511. The number of nitrogens with zero attached hydrogens (tertiary/aromatic N) is 3. The molecule has 1 fully saturated rings. The first-order valence-corrected chi connectivity index (χ1v) is 8.23. The molecule has 1 saturated heterocycles. The van der Waals surface area contributed by atoms with Crippen LogP contribution in [0.4, 0.5) is 0 Å². The van der Waals surface area contributed by atoms with Crippen LogP contribution in [0.5, 0.6) is 0 Å². The van der Waals surface area contributed by atoms with Crippen molar-refractivity contribution >= 4 is 6.47 Å². The van der Waals surface area contributed by atoms with Crippen LogP contribution in [-0.2, 0) is 16.1 Å². The average molecular weight is 337 g/mol. The van der Waals surface area contributed by atoms with Crippen LogP contribution >= 0.6 is 0 Å². The first-order valence-electron chi connectivity index (χ1n) is 8.23. The molecule has 1 aliphatic rings. The highest BCUT2D eigenvalue weighted by molar-refractivity contribution is 5.36. The highest BCUT2D eigenvalue weighted by atomic mass is 16.5. The van der Waals surface area contributed by atoms with Gasteiger partial charge in [-0.1, -0.05) is 36.4 Å². The van der Waals surface area contributed by atoms with Crippen LogP contribution in [0.25, 0.3) is 0 Å². The molecule has 2 atom stereocenters. The number of carbonyl (C=O) groups excluding carboxylic acids is 1. The van der Waals surface area contributed by atoms with E-state index in [-0.39, 0.29) is 11.8 Å². The van der Waals surface area contributed by atoms with Gasteiger partial charge in [-0.2, -0.15) is 5.26 Å². The zero-order valence-electron chi connectivity index (χ0n) is 14.6. The average Bonchev–Trinajstić information content (AvgIpc) is 3.05. The Morgan fingerprint density at radius 2 is 2.00 bits per heavy atom. The lowest BCUT2D eigenvalue weighted by Gasteiger charge is -2.17. The van der Waals surface area contributed by atoms with E-state index in [9.17, 15) is 5.26 Å². The zero-order chi connectivity index (χ0) is 18.1. The van der Waals surface area contributed by atoms with E-state index in [1.54, 1.807) is 0 Å². The van der Waals surface area contributed by atoms with Crippen LogP contribution in [0, 0.1) is 24.2 Å². The van der Waals surface area contributed by atoms with E-state index in [1.807, 2.05) is 25.3 Å². The lowest BCUT2D eigenvalue weighted by atomic mass is 9.89. The van der Waals surface area contributed by atoms with E-state index < -0.39 is 0 Å². The van der Waals surface area contributed by atoms with Gasteiger partial charge in [0.2, 0.25) is 0 Å². The van der Waals surface area contributed by atoms with Gasteiger partial charge in [-0.25, -0.2) is 0 Å². The quantitative estimate of drug-likeness (QED) is 0.803. The Morgan fingerprint density at radius 3 is 2.60 bits per heavy atom. The molecular weight excluding hydrogens is 314 g/mol. The second-order valence-corrected chi connectivity index (χ2v) is 6.03. The largest absolute Gasteiger partial charge is 0.471 e. The number of aryl methyl sites for hydroxylation is 1. The molecule has 130 valence electrons. The van der Waals surface area contributed by atoms with Crippen molar-refractivity contribution in [1.82, 2.24) is 9.88 Å². The number of ether oxygens (including phenoxy) is 1. The number of rotatable bonds is 4. The van der Waals surface area contributed by atoms with Gasteiger partial charge in [0.1, 0.15) is 0 Å². The lowest BCUT2D eigenvalue weighted by Crippen LogP contribution is -2.20. The van der Waals surface area contributed by atoms with Crippen LogP contribution in [-0.4, -0.2) is 36.6 Å². The van der Waals surface area contributed by atoms with Crippen molar-refractivity contribution in [2.75, 3.05) is 20.2 Å². The highest BCUT2D eigenvalue weighted by Crippen LogP contribution is 2.34. The van der Waals surface area contributed by atoms with Crippen molar-refractivity contribution in [2.24, 2.45) is 5.92 Å². The Bertz CT molecular complexity index is 712. The van der Waals surface area contributed by atoms with Crippen molar-refractivity contribution < 1.29 is 9.53 Å². The van der Waals surface area contributed by atoms with Crippen LogP contribution in [0.3, 0.4) is 0 Å². The van der Waals surface area contributed by atoms with Crippen LogP contribution < -0.4 is 0 Å². The van der Waals surface area contributed by atoms with Crippen LogP contribution in [0.15, 0.2) is 48.7 Å². The van der Waals surface area contributed by atoms with Crippen molar-refractivity contribution in [2.45, 2.75) is 19.4 Å². The number of carbonyl (C=O) groups is 1. The lowest BCUT2D eigenvalue weighted by molar-refractivity contribution is -0.126. The summed E-state index contributed by atoms with van der Waals surface area (Å²) in [6.07, 6.45) is 1.82. The number of hydrogen-bond donors (Lipinski definition) is 0. The molecule has 0 aliphatic carbocycles. The van der Waals surface area contributed by atoms with E-state index in [4.69, 9.17) is 4.79 Å². The fraction of sp³-hybridized carbons (Fsp3) is 0.350. The molecular formula is C20H23N3O2. The smallest absolute Gasteiger partial charge is 0.292 e. The van der Waals surface area contributed by atoms with E-state index in [0.717, 1.165) is 25.3 Å². The second kappa shape index (κ2) is 9.55. The molecule has 0 spiro atoms. The molecule has 0 N–H and O–H groups in total.